The average molecular weight is 484 g/mol. The first kappa shape index (κ1) is 25.6. The Kier molecular flexibility index (Phi) is 8.61. The lowest BCUT2D eigenvalue weighted by atomic mass is 10.0. The van der Waals surface area contributed by atoms with Gasteiger partial charge in [-0.25, -0.2) is 4.79 Å². The molecule has 34 heavy (non-hydrogen) atoms. The molecule has 3 rings (SSSR count). The summed E-state index contributed by atoms with van der Waals surface area (Å²) < 4.78 is 5.54. The predicted molar refractivity (Wildman–Crippen MR) is 138 cm³/mol. The molecule has 2 amide bonds. The van der Waals surface area contributed by atoms with Gasteiger partial charge in [0.2, 0.25) is 5.91 Å². The zero-order chi connectivity index (χ0) is 24.7. The van der Waals surface area contributed by atoms with E-state index in [1.807, 2.05) is 32.9 Å². The van der Waals surface area contributed by atoms with Crippen LogP contribution in [0, 0.1) is 0 Å². The number of hydrogen-bond donors (Lipinski definition) is 1. The molecule has 1 aromatic carbocycles. The molecule has 1 aliphatic heterocycles. The quantitative estimate of drug-likeness (QED) is 0.394. The third kappa shape index (κ3) is 7.26. The smallest absolute Gasteiger partial charge is 0.410 e. The molecule has 0 saturated carbocycles. The highest BCUT2D eigenvalue weighted by Crippen LogP contribution is 2.36. The molecule has 0 bridgehead atoms. The van der Waals surface area contributed by atoms with Crippen molar-refractivity contribution in [3.63, 3.8) is 0 Å². The van der Waals surface area contributed by atoms with Gasteiger partial charge in [-0.05, 0) is 69.7 Å². The van der Waals surface area contributed by atoms with Gasteiger partial charge in [-0.3, -0.25) is 4.79 Å². The van der Waals surface area contributed by atoms with Crippen LogP contribution in [0.25, 0.3) is 0 Å². The van der Waals surface area contributed by atoms with E-state index in [2.05, 4.69) is 35.2 Å². The largest absolute Gasteiger partial charge is 0.444 e. The second-order valence-electron chi connectivity index (χ2n) is 9.47. The highest BCUT2D eigenvalue weighted by molar-refractivity contribution is 6.31. The maximum atomic E-state index is 12.7. The topological polar surface area (TPSA) is 75.9 Å². The first-order chi connectivity index (χ1) is 16.1. The zero-order valence-corrected chi connectivity index (χ0v) is 21.0. The van der Waals surface area contributed by atoms with Crippen molar-refractivity contribution in [2.45, 2.75) is 52.1 Å². The number of unbranched alkanes of at least 4 members (excludes halogenated alkanes) is 1. The fourth-order valence-electron chi connectivity index (χ4n) is 4.04. The van der Waals surface area contributed by atoms with Crippen LogP contribution < -0.4 is 10.6 Å². The lowest BCUT2D eigenvalue weighted by Gasteiger charge is -2.31. The summed E-state index contributed by atoms with van der Waals surface area (Å²) in [6.07, 6.45) is 12.2. The summed E-state index contributed by atoms with van der Waals surface area (Å²) >= 11 is 6.38. The van der Waals surface area contributed by atoms with Gasteiger partial charge in [0.05, 0.1) is 0 Å². The molecule has 0 saturated heterocycles. The number of allylic oxidation sites excluding steroid dienone is 5. The number of carbonyl (C=O) groups is 2. The third-order valence-electron chi connectivity index (χ3n) is 5.58. The van der Waals surface area contributed by atoms with E-state index in [1.54, 1.807) is 11.0 Å². The molecule has 2 N–H and O–H groups in total. The molecule has 6 nitrogen and oxygen atoms in total. The SMILES string of the molecule is CC(C)(C)OC(=O)N(C/C=C/C(N)=O)CCCCN1C2=CC(Cl)=CCC2=CCc2ccccc21. The van der Waals surface area contributed by atoms with Gasteiger partial charge in [-0.2, -0.15) is 0 Å². The first-order valence-electron chi connectivity index (χ1n) is 11.7. The molecule has 182 valence electrons. The van der Waals surface area contributed by atoms with Gasteiger partial charge in [0.1, 0.15) is 5.60 Å². The minimum atomic E-state index is -0.596. The van der Waals surface area contributed by atoms with Crippen molar-refractivity contribution in [1.29, 1.82) is 0 Å². The van der Waals surface area contributed by atoms with Gasteiger partial charge in [-0.1, -0.05) is 48.0 Å². The van der Waals surface area contributed by atoms with E-state index in [1.165, 1.54) is 22.9 Å². The van der Waals surface area contributed by atoms with Gasteiger partial charge in [0.15, 0.2) is 0 Å². The van der Waals surface area contributed by atoms with Crippen LogP contribution in [0.2, 0.25) is 0 Å². The number of fused-ring (bicyclic) bond motifs is 2. The van der Waals surface area contributed by atoms with Crippen molar-refractivity contribution in [2.75, 3.05) is 24.5 Å². The third-order valence-corrected chi connectivity index (χ3v) is 5.84. The molecule has 1 aliphatic carbocycles. The molecule has 7 heteroatoms. The minimum absolute atomic E-state index is 0.267. The number of carbonyl (C=O) groups excluding carboxylic acids is 2. The maximum absolute atomic E-state index is 12.7. The summed E-state index contributed by atoms with van der Waals surface area (Å²) in [4.78, 5) is 27.7. The Bertz CT molecular complexity index is 1030. The average Bonchev–Trinajstić information content (AvgIpc) is 2.90. The van der Waals surface area contributed by atoms with Crippen LogP contribution in [0.5, 0.6) is 0 Å². The molecule has 0 unspecified atom stereocenters. The van der Waals surface area contributed by atoms with Crippen LogP contribution >= 0.6 is 11.6 Å². The number of halogens is 1. The molecular weight excluding hydrogens is 450 g/mol. The van der Waals surface area contributed by atoms with Crippen molar-refractivity contribution in [2.24, 2.45) is 5.73 Å². The van der Waals surface area contributed by atoms with Crippen molar-refractivity contribution in [3.8, 4) is 0 Å². The van der Waals surface area contributed by atoms with Crippen molar-refractivity contribution < 1.29 is 14.3 Å². The number of primary amides is 1. The van der Waals surface area contributed by atoms with Gasteiger partial charge < -0.3 is 20.3 Å². The van der Waals surface area contributed by atoms with E-state index in [-0.39, 0.29) is 6.54 Å². The van der Waals surface area contributed by atoms with Crippen LogP contribution in [-0.2, 0) is 16.0 Å². The number of para-hydroxylation sites is 1. The number of hydrogen-bond acceptors (Lipinski definition) is 4. The molecule has 0 radical (unpaired) electrons. The Hall–Kier alpha value is -2.99. The molecule has 0 atom stereocenters. The Morgan fingerprint density at radius 1 is 1.18 bits per heavy atom. The highest BCUT2D eigenvalue weighted by atomic mass is 35.5. The molecular formula is C27H34ClN3O3. The summed E-state index contributed by atoms with van der Waals surface area (Å²) in [7, 11) is 0. The van der Waals surface area contributed by atoms with Gasteiger partial charge in [0.25, 0.3) is 0 Å². The Morgan fingerprint density at radius 3 is 2.68 bits per heavy atom. The number of amides is 2. The Balaban J connectivity index is 1.69. The number of rotatable bonds is 8. The van der Waals surface area contributed by atoms with E-state index >= 15 is 0 Å². The van der Waals surface area contributed by atoms with E-state index < -0.39 is 17.6 Å². The second-order valence-corrected chi connectivity index (χ2v) is 9.91. The van der Waals surface area contributed by atoms with E-state index in [4.69, 9.17) is 22.1 Å². The fourth-order valence-corrected chi connectivity index (χ4v) is 4.22. The highest BCUT2D eigenvalue weighted by Gasteiger charge is 2.24. The van der Waals surface area contributed by atoms with Crippen LogP contribution in [-0.4, -0.2) is 42.1 Å². The summed E-state index contributed by atoms with van der Waals surface area (Å²) in [5, 5.41) is 0.758. The van der Waals surface area contributed by atoms with Crippen LogP contribution in [0.4, 0.5) is 10.5 Å². The van der Waals surface area contributed by atoms with Gasteiger partial charge >= 0.3 is 6.09 Å². The van der Waals surface area contributed by atoms with E-state index in [0.29, 0.717) is 6.54 Å². The first-order valence-corrected chi connectivity index (χ1v) is 12.1. The van der Waals surface area contributed by atoms with Gasteiger partial charge in [0, 0.05) is 42.1 Å². The predicted octanol–water partition coefficient (Wildman–Crippen LogP) is 5.44. The fraction of sp³-hybridized carbons (Fsp3) is 0.407. The minimum Gasteiger partial charge on any atom is -0.444 e. The molecule has 2 aliphatic rings. The molecule has 0 aromatic heterocycles. The Labute approximate surface area is 207 Å². The standard InChI is InChI=1S/C27H34ClN3O3/c1-27(2,3)34-26(33)30(17-8-11-25(29)32)16-6-7-18-31-23-10-5-4-9-20(23)12-13-21-14-15-22(28)19-24(21)31/h4-5,8-11,13,15,19H,6-7,12,14,16-18H2,1-3H3,(H2,29,32)/b11-8+. The summed E-state index contributed by atoms with van der Waals surface area (Å²) in [6, 6.07) is 8.46. The monoisotopic (exact) mass is 483 g/mol. The second kappa shape index (κ2) is 11.4. The number of benzene rings is 1. The van der Waals surface area contributed by atoms with Crippen LogP contribution in [0.3, 0.4) is 0 Å². The summed E-state index contributed by atoms with van der Waals surface area (Å²) in [5.41, 5.74) is 9.50. The number of nitrogens with zero attached hydrogens (tertiary/aromatic N) is 2. The van der Waals surface area contributed by atoms with Crippen LogP contribution in [0.15, 0.2) is 70.9 Å². The molecule has 0 fully saturated rings. The Morgan fingerprint density at radius 2 is 1.94 bits per heavy atom. The zero-order valence-electron chi connectivity index (χ0n) is 20.2. The van der Waals surface area contributed by atoms with E-state index in [0.717, 1.165) is 43.0 Å². The van der Waals surface area contributed by atoms with Crippen LogP contribution in [0.1, 0.15) is 45.6 Å². The summed E-state index contributed by atoms with van der Waals surface area (Å²) in [6.45, 7) is 7.08. The summed E-state index contributed by atoms with van der Waals surface area (Å²) in [5.74, 6) is -0.540. The molecule has 1 heterocycles. The van der Waals surface area contributed by atoms with Gasteiger partial charge in [-0.15, -0.1) is 0 Å². The molecule has 0 spiro atoms. The number of nitrogens with two attached hydrogens (primary N) is 1. The van der Waals surface area contributed by atoms with Crippen molar-refractivity contribution >= 4 is 29.3 Å². The molecule has 1 aromatic rings. The lowest BCUT2D eigenvalue weighted by Crippen LogP contribution is -2.38. The number of ether oxygens (including phenoxy) is 1. The lowest BCUT2D eigenvalue weighted by molar-refractivity contribution is -0.113. The van der Waals surface area contributed by atoms with Crippen molar-refractivity contribution in [1.82, 2.24) is 4.90 Å². The maximum Gasteiger partial charge on any atom is 0.410 e. The van der Waals surface area contributed by atoms with Crippen molar-refractivity contribution in [3.05, 3.63) is 76.5 Å². The normalized spacial score (nSPS) is 15.5. The number of anilines is 1. The van der Waals surface area contributed by atoms with E-state index in [9.17, 15) is 9.59 Å².